The van der Waals surface area contributed by atoms with Crippen LogP contribution in [0.3, 0.4) is 0 Å². The third-order valence-corrected chi connectivity index (χ3v) is 6.18. The summed E-state index contributed by atoms with van der Waals surface area (Å²) in [7, 11) is -3.85. The zero-order valence-corrected chi connectivity index (χ0v) is 17.0. The first kappa shape index (κ1) is 22.3. The van der Waals surface area contributed by atoms with Crippen LogP contribution in [0.2, 0.25) is 5.02 Å². The number of halogens is 4. The highest BCUT2D eigenvalue weighted by molar-refractivity contribution is 7.89. The van der Waals surface area contributed by atoms with Crippen LogP contribution in [0, 0.1) is 0 Å². The van der Waals surface area contributed by atoms with Crippen LogP contribution in [0.1, 0.15) is 12.1 Å². The van der Waals surface area contributed by atoms with E-state index in [-0.39, 0.29) is 24.6 Å². The number of nitrogens with zero attached hydrogens (tertiary/aromatic N) is 2. The number of hydrogen-bond acceptors (Lipinski definition) is 6. The molecule has 0 fully saturated rings. The van der Waals surface area contributed by atoms with Gasteiger partial charge in [0, 0.05) is 31.4 Å². The number of rotatable bonds is 7. The highest BCUT2D eigenvalue weighted by Crippen LogP contribution is 2.26. The standard InChI is InChI=1S/C18H17ClF3N3O4S/c19-13-1-2-15(23-11-13)12-28-24-14-7-9-25(10-8-14)30(26,27)17-5-3-16(4-6-17)29-18(20,21)22/h1-7,11,24H,8-10,12H2. The number of benzene rings is 1. The summed E-state index contributed by atoms with van der Waals surface area (Å²) in [6, 6.07) is 7.50. The van der Waals surface area contributed by atoms with Crippen molar-refractivity contribution in [1.29, 1.82) is 0 Å². The van der Waals surface area contributed by atoms with Crippen LogP contribution in [0.15, 0.2) is 59.3 Å². The van der Waals surface area contributed by atoms with Gasteiger partial charge in [0.15, 0.2) is 0 Å². The van der Waals surface area contributed by atoms with Crippen LogP contribution in [0.5, 0.6) is 5.75 Å². The summed E-state index contributed by atoms with van der Waals surface area (Å²) in [5, 5.41) is 0.519. The molecule has 162 valence electrons. The molecule has 0 saturated heterocycles. The van der Waals surface area contributed by atoms with Gasteiger partial charge in [-0.3, -0.25) is 15.3 Å². The molecule has 12 heteroatoms. The molecule has 0 aliphatic carbocycles. The lowest BCUT2D eigenvalue weighted by molar-refractivity contribution is -0.274. The van der Waals surface area contributed by atoms with Gasteiger partial charge >= 0.3 is 6.36 Å². The van der Waals surface area contributed by atoms with Gasteiger partial charge in [0.2, 0.25) is 10.0 Å². The zero-order chi connectivity index (χ0) is 21.8. The average molecular weight is 464 g/mol. The number of sulfonamides is 1. The lowest BCUT2D eigenvalue weighted by Crippen LogP contribution is -2.36. The molecule has 2 aromatic rings. The number of hydrogen-bond donors (Lipinski definition) is 1. The summed E-state index contributed by atoms with van der Waals surface area (Å²) in [5.74, 6) is -0.487. The summed E-state index contributed by atoms with van der Waals surface area (Å²) >= 11 is 5.76. The molecule has 3 rings (SSSR count). The van der Waals surface area contributed by atoms with Crippen LogP contribution in [-0.4, -0.2) is 37.2 Å². The van der Waals surface area contributed by atoms with Crippen molar-refractivity contribution in [3.05, 3.63) is 65.1 Å². The molecule has 0 atom stereocenters. The lowest BCUT2D eigenvalue weighted by atomic mass is 10.2. The summed E-state index contributed by atoms with van der Waals surface area (Å²) in [5.41, 5.74) is 4.15. The number of aromatic nitrogens is 1. The van der Waals surface area contributed by atoms with Crippen molar-refractivity contribution in [3.63, 3.8) is 0 Å². The van der Waals surface area contributed by atoms with Gasteiger partial charge in [-0.15, -0.1) is 13.2 Å². The molecular formula is C18H17ClF3N3O4S. The predicted octanol–water partition coefficient (Wildman–Crippen LogP) is 3.63. The highest BCUT2D eigenvalue weighted by atomic mass is 35.5. The van der Waals surface area contributed by atoms with Crippen LogP contribution in [0.4, 0.5) is 13.2 Å². The smallest absolute Gasteiger partial charge is 0.406 e. The Hall–Kier alpha value is -2.34. The predicted molar refractivity (Wildman–Crippen MR) is 102 cm³/mol. The maximum absolute atomic E-state index is 12.7. The van der Waals surface area contributed by atoms with E-state index in [0.29, 0.717) is 22.8 Å². The monoisotopic (exact) mass is 463 g/mol. The van der Waals surface area contributed by atoms with Crippen molar-refractivity contribution in [3.8, 4) is 5.75 Å². The van der Waals surface area contributed by atoms with Gasteiger partial charge in [-0.25, -0.2) is 8.42 Å². The Morgan fingerprint density at radius 3 is 2.47 bits per heavy atom. The van der Waals surface area contributed by atoms with E-state index in [1.807, 2.05) is 0 Å². The minimum atomic E-state index is -4.84. The minimum Gasteiger partial charge on any atom is -0.406 e. The molecule has 1 aromatic heterocycles. The lowest BCUT2D eigenvalue weighted by Gasteiger charge is -2.26. The van der Waals surface area contributed by atoms with Gasteiger partial charge < -0.3 is 4.74 Å². The Kier molecular flexibility index (Phi) is 6.86. The van der Waals surface area contributed by atoms with E-state index in [1.165, 1.54) is 10.5 Å². The molecular weight excluding hydrogens is 447 g/mol. The fourth-order valence-electron chi connectivity index (χ4n) is 2.62. The first-order chi connectivity index (χ1) is 14.1. The Bertz CT molecular complexity index is 997. The van der Waals surface area contributed by atoms with E-state index in [2.05, 4.69) is 15.2 Å². The Morgan fingerprint density at radius 1 is 1.17 bits per heavy atom. The van der Waals surface area contributed by atoms with Gasteiger partial charge in [0.1, 0.15) is 12.4 Å². The second-order valence-electron chi connectivity index (χ2n) is 6.22. The summed E-state index contributed by atoms with van der Waals surface area (Å²) in [6.07, 6.45) is -1.29. The topological polar surface area (TPSA) is 80.8 Å². The molecule has 1 aliphatic heterocycles. The van der Waals surface area contributed by atoms with Crippen LogP contribution < -0.4 is 10.2 Å². The molecule has 1 N–H and O–H groups in total. The Balaban J connectivity index is 1.54. The van der Waals surface area contributed by atoms with E-state index in [1.54, 1.807) is 18.2 Å². The van der Waals surface area contributed by atoms with Crippen molar-refractivity contribution in [2.24, 2.45) is 0 Å². The van der Waals surface area contributed by atoms with E-state index < -0.39 is 22.1 Å². The third kappa shape index (κ3) is 6.08. The van der Waals surface area contributed by atoms with Gasteiger partial charge in [0.25, 0.3) is 0 Å². The highest BCUT2D eigenvalue weighted by Gasteiger charge is 2.31. The van der Waals surface area contributed by atoms with Gasteiger partial charge in [-0.2, -0.15) is 4.31 Å². The molecule has 1 aromatic carbocycles. The van der Waals surface area contributed by atoms with Crippen molar-refractivity contribution in [2.75, 3.05) is 13.1 Å². The molecule has 0 spiro atoms. The maximum Gasteiger partial charge on any atom is 0.573 e. The summed E-state index contributed by atoms with van der Waals surface area (Å²) in [4.78, 5) is 9.33. The number of ether oxygens (including phenoxy) is 1. The largest absolute Gasteiger partial charge is 0.573 e. The molecule has 2 heterocycles. The maximum atomic E-state index is 12.7. The normalized spacial score (nSPS) is 15.5. The average Bonchev–Trinajstić information content (AvgIpc) is 2.69. The molecule has 0 amide bonds. The van der Waals surface area contributed by atoms with E-state index in [0.717, 1.165) is 24.3 Å². The van der Waals surface area contributed by atoms with Crippen LogP contribution >= 0.6 is 11.6 Å². The first-order valence-electron chi connectivity index (χ1n) is 8.67. The van der Waals surface area contributed by atoms with Crippen molar-refractivity contribution < 1.29 is 31.2 Å². The van der Waals surface area contributed by atoms with Gasteiger partial charge in [0.05, 0.1) is 15.6 Å². The van der Waals surface area contributed by atoms with Gasteiger partial charge in [-0.05, 0) is 42.5 Å². The van der Waals surface area contributed by atoms with E-state index in [9.17, 15) is 21.6 Å². The molecule has 0 saturated carbocycles. The number of alkyl halides is 3. The molecule has 0 unspecified atom stereocenters. The fourth-order valence-corrected chi connectivity index (χ4v) is 4.11. The molecule has 7 nitrogen and oxygen atoms in total. The van der Waals surface area contributed by atoms with Gasteiger partial charge in [-0.1, -0.05) is 11.6 Å². The molecule has 30 heavy (non-hydrogen) atoms. The first-order valence-corrected chi connectivity index (χ1v) is 10.5. The van der Waals surface area contributed by atoms with Crippen LogP contribution in [0.25, 0.3) is 0 Å². The van der Waals surface area contributed by atoms with E-state index in [4.69, 9.17) is 16.4 Å². The minimum absolute atomic E-state index is 0.0913. The van der Waals surface area contributed by atoms with Crippen molar-refractivity contribution >= 4 is 21.6 Å². The van der Waals surface area contributed by atoms with Crippen molar-refractivity contribution in [2.45, 2.75) is 24.3 Å². The summed E-state index contributed by atoms with van der Waals surface area (Å²) < 4.78 is 67.0. The number of hydroxylamine groups is 1. The fraction of sp³-hybridized carbons (Fsp3) is 0.278. The van der Waals surface area contributed by atoms with Crippen molar-refractivity contribution in [1.82, 2.24) is 14.8 Å². The molecule has 1 aliphatic rings. The van der Waals surface area contributed by atoms with E-state index >= 15 is 0 Å². The molecule has 0 bridgehead atoms. The number of nitrogens with one attached hydrogen (secondary N) is 1. The Morgan fingerprint density at radius 2 is 1.90 bits per heavy atom. The quantitative estimate of drug-likeness (QED) is 0.631. The summed E-state index contributed by atoms with van der Waals surface area (Å²) in [6.45, 7) is 0.474. The zero-order valence-electron chi connectivity index (χ0n) is 15.4. The third-order valence-electron chi connectivity index (χ3n) is 4.08. The SMILES string of the molecule is O=S(=O)(c1ccc(OC(F)(F)F)cc1)N1CC=C(NOCc2ccc(Cl)cn2)CC1. The number of pyridine rings is 1. The second-order valence-corrected chi connectivity index (χ2v) is 8.59. The Labute approximate surface area is 176 Å². The molecule has 0 radical (unpaired) electrons. The van der Waals surface area contributed by atoms with Crippen LogP contribution in [-0.2, 0) is 21.5 Å². The second kappa shape index (κ2) is 9.21.